The van der Waals surface area contributed by atoms with Gasteiger partial charge in [0.2, 0.25) is 0 Å². The number of halogens is 1. The third kappa shape index (κ3) is 1.41. The lowest BCUT2D eigenvalue weighted by molar-refractivity contribution is -0.139. The SMILES string of the molecule is C[C@H]1Cc2cc(F)ccc2OC1=O. The van der Waals surface area contributed by atoms with E-state index in [-0.39, 0.29) is 17.7 Å². The molecule has 0 unspecified atom stereocenters. The molecule has 2 rings (SSSR count). The fraction of sp³-hybridized carbons (Fsp3) is 0.300. The van der Waals surface area contributed by atoms with Crippen molar-refractivity contribution in [2.45, 2.75) is 13.3 Å². The molecule has 1 heterocycles. The predicted molar refractivity (Wildman–Crippen MR) is 44.9 cm³/mol. The number of carbonyl (C=O) groups excluding carboxylic acids is 1. The molecule has 1 aliphatic heterocycles. The molecule has 0 aromatic heterocycles. The van der Waals surface area contributed by atoms with Crippen LogP contribution in [0.4, 0.5) is 4.39 Å². The van der Waals surface area contributed by atoms with Crippen LogP contribution in [-0.4, -0.2) is 5.97 Å². The molecule has 68 valence electrons. The van der Waals surface area contributed by atoms with Crippen molar-refractivity contribution >= 4 is 5.97 Å². The Balaban J connectivity index is 2.42. The fourth-order valence-corrected chi connectivity index (χ4v) is 1.43. The highest BCUT2D eigenvalue weighted by atomic mass is 19.1. The Morgan fingerprint density at radius 1 is 1.54 bits per heavy atom. The number of benzene rings is 1. The van der Waals surface area contributed by atoms with Crippen molar-refractivity contribution in [2.75, 3.05) is 0 Å². The summed E-state index contributed by atoms with van der Waals surface area (Å²) < 4.78 is 17.8. The summed E-state index contributed by atoms with van der Waals surface area (Å²) >= 11 is 0. The quantitative estimate of drug-likeness (QED) is 0.450. The molecule has 0 spiro atoms. The average Bonchev–Trinajstić information content (AvgIpc) is 2.08. The van der Waals surface area contributed by atoms with Gasteiger partial charge in [-0.05, 0) is 30.2 Å². The predicted octanol–water partition coefficient (Wildman–Crippen LogP) is 1.92. The number of carbonyl (C=O) groups is 1. The molecule has 0 saturated carbocycles. The summed E-state index contributed by atoms with van der Waals surface area (Å²) in [5.41, 5.74) is 0.770. The molecular weight excluding hydrogens is 171 g/mol. The van der Waals surface area contributed by atoms with E-state index >= 15 is 0 Å². The number of rotatable bonds is 0. The van der Waals surface area contributed by atoms with Gasteiger partial charge in [0.15, 0.2) is 0 Å². The number of hydrogen-bond acceptors (Lipinski definition) is 2. The van der Waals surface area contributed by atoms with Gasteiger partial charge in [0, 0.05) is 0 Å². The zero-order valence-corrected chi connectivity index (χ0v) is 7.21. The van der Waals surface area contributed by atoms with E-state index in [1.54, 1.807) is 6.92 Å². The van der Waals surface area contributed by atoms with Crippen LogP contribution >= 0.6 is 0 Å². The van der Waals surface area contributed by atoms with Gasteiger partial charge in [0.1, 0.15) is 11.6 Å². The van der Waals surface area contributed by atoms with Crippen LogP contribution in [0.1, 0.15) is 12.5 Å². The van der Waals surface area contributed by atoms with Gasteiger partial charge < -0.3 is 4.74 Å². The zero-order valence-electron chi connectivity index (χ0n) is 7.21. The molecule has 0 amide bonds. The number of fused-ring (bicyclic) bond motifs is 1. The van der Waals surface area contributed by atoms with E-state index in [9.17, 15) is 9.18 Å². The second-order valence-corrected chi connectivity index (χ2v) is 3.28. The average molecular weight is 180 g/mol. The number of esters is 1. The Labute approximate surface area is 75.3 Å². The van der Waals surface area contributed by atoms with Gasteiger partial charge in [-0.1, -0.05) is 6.92 Å². The zero-order chi connectivity index (χ0) is 9.42. The fourth-order valence-electron chi connectivity index (χ4n) is 1.43. The summed E-state index contributed by atoms with van der Waals surface area (Å²) in [6.07, 6.45) is 0.561. The van der Waals surface area contributed by atoms with Crippen molar-refractivity contribution in [1.82, 2.24) is 0 Å². The molecule has 1 aromatic rings. The number of ether oxygens (including phenoxy) is 1. The van der Waals surface area contributed by atoms with Crippen molar-refractivity contribution in [3.05, 3.63) is 29.6 Å². The Kier molecular flexibility index (Phi) is 1.79. The molecule has 0 fully saturated rings. The van der Waals surface area contributed by atoms with Crippen molar-refractivity contribution in [3.63, 3.8) is 0 Å². The lowest BCUT2D eigenvalue weighted by atomic mass is 9.98. The first-order chi connectivity index (χ1) is 6.16. The van der Waals surface area contributed by atoms with Crippen molar-refractivity contribution in [3.8, 4) is 5.75 Å². The minimum absolute atomic E-state index is 0.172. The van der Waals surface area contributed by atoms with Gasteiger partial charge in [0.25, 0.3) is 0 Å². The highest BCUT2D eigenvalue weighted by Crippen LogP contribution is 2.28. The van der Waals surface area contributed by atoms with Crippen LogP contribution in [0.3, 0.4) is 0 Å². The second kappa shape index (κ2) is 2.83. The molecule has 0 N–H and O–H groups in total. The molecule has 0 bridgehead atoms. The van der Waals surface area contributed by atoms with Crippen LogP contribution < -0.4 is 4.74 Å². The van der Waals surface area contributed by atoms with Gasteiger partial charge >= 0.3 is 5.97 Å². The summed E-state index contributed by atoms with van der Waals surface area (Å²) in [5, 5.41) is 0. The molecule has 2 nitrogen and oxygen atoms in total. The van der Waals surface area contributed by atoms with Crippen LogP contribution in [0.5, 0.6) is 5.75 Å². The van der Waals surface area contributed by atoms with Gasteiger partial charge in [-0.3, -0.25) is 4.79 Å². The maximum atomic E-state index is 12.8. The van der Waals surface area contributed by atoms with E-state index in [1.165, 1.54) is 18.2 Å². The lowest BCUT2D eigenvalue weighted by Gasteiger charge is -2.19. The van der Waals surface area contributed by atoms with E-state index in [1.807, 2.05) is 0 Å². The lowest BCUT2D eigenvalue weighted by Crippen LogP contribution is -2.25. The summed E-state index contributed by atoms with van der Waals surface area (Å²) in [5.74, 6) is -0.207. The minimum Gasteiger partial charge on any atom is -0.426 e. The van der Waals surface area contributed by atoms with Gasteiger partial charge in [-0.25, -0.2) is 4.39 Å². The summed E-state index contributed by atoms with van der Waals surface area (Å²) in [7, 11) is 0. The van der Waals surface area contributed by atoms with Crippen LogP contribution in [-0.2, 0) is 11.2 Å². The van der Waals surface area contributed by atoms with E-state index in [2.05, 4.69) is 0 Å². The molecule has 13 heavy (non-hydrogen) atoms. The molecule has 0 aliphatic carbocycles. The highest BCUT2D eigenvalue weighted by molar-refractivity contribution is 5.77. The van der Waals surface area contributed by atoms with Crippen LogP contribution in [0.25, 0.3) is 0 Å². The van der Waals surface area contributed by atoms with Crippen molar-refractivity contribution < 1.29 is 13.9 Å². The molecule has 0 radical (unpaired) electrons. The first-order valence-electron chi connectivity index (χ1n) is 4.17. The highest BCUT2D eigenvalue weighted by Gasteiger charge is 2.24. The Hall–Kier alpha value is -1.38. The van der Waals surface area contributed by atoms with Crippen molar-refractivity contribution in [1.29, 1.82) is 0 Å². The standard InChI is InChI=1S/C10H9FO2/c1-6-4-7-5-8(11)2-3-9(7)13-10(6)12/h2-3,5-6H,4H2,1H3/t6-/m0/s1. The van der Waals surface area contributed by atoms with Crippen LogP contribution in [0.15, 0.2) is 18.2 Å². The largest absolute Gasteiger partial charge is 0.426 e. The smallest absolute Gasteiger partial charge is 0.314 e. The molecule has 1 atom stereocenters. The number of hydrogen-bond donors (Lipinski definition) is 0. The van der Waals surface area contributed by atoms with Crippen molar-refractivity contribution in [2.24, 2.45) is 5.92 Å². The molecule has 0 saturated heterocycles. The van der Waals surface area contributed by atoms with E-state index in [0.29, 0.717) is 12.2 Å². The Morgan fingerprint density at radius 2 is 2.31 bits per heavy atom. The third-order valence-electron chi connectivity index (χ3n) is 2.16. The molecule has 1 aromatic carbocycles. The van der Waals surface area contributed by atoms with Gasteiger partial charge in [0.05, 0.1) is 5.92 Å². The van der Waals surface area contributed by atoms with Gasteiger partial charge in [-0.15, -0.1) is 0 Å². The molecule has 3 heteroatoms. The monoisotopic (exact) mass is 180 g/mol. The normalized spacial score (nSPS) is 20.8. The van der Waals surface area contributed by atoms with E-state index in [0.717, 1.165) is 5.56 Å². The summed E-state index contributed by atoms with van der Waals surface area (Å²) in [6.45, 7) is 1.77. The summed E-state index contributed by atoms with van der Waals surface area (Å²) in [4.78, 5) is 11.1. The topological polar surface area (TPSA) is 26.3 Å². The summed E-state index contributed by atoms with van der Waals surface area (Å²) in [6, 6.07) is 4.20. The van der Waals surface area contributed by atoms with Crippen LogP contribution in [0, 0.1) is 11.7 Å². The maximum absolute atomic E-state index is 12.8. The van der Waals surface area contributed by atoms with Crippen LogP contribution in [0.2, 0.25) is 0 Å². The Bertz CT molecular complexity index is 360. The van der Waals surface area contributed by atoms with E-state index < -0.39 is 0 Å². The first kappa shape index (κ1) is 8.23. The minimum atomic E-state index is -0.288. The van der Waals surface area contributed by atoms with Gasteiger partial charge in [-0.2, -0.15) is 0 Å². The first-order valence-corrected chi connectivity index (χ1v) is 4.17. The Morgan fingerprint density at radius 3 is 3.08 bits per heavy atom. The second-order valence-electron chi connectivity index (χ2n) is 3.28. The maximum Gasteiger partial charge on any atom is 0.314 e. The van der Waals surface area contributed by atoms with E-state index in [4.69, 9.17) is 4.74 Å². The molecule has 1 aliphatic rings. The molecular formula is C10H9FO2. The third-order valence-corrected chi connectivity index (χ3v) is 2.16.